The highest BCUT2D eigenvalue weighted by Crippen LogP contribution is 2.21. The number of carbonyl (C=O) groups is 1. The molecule has 1 aromatic carbocycles. The third kappa shape index (κ3) is 4.37. The molecule has 0 spiro atoms. The molecule has 1 amide bonds. The number of benzene rings is 1. The van der Waals surface area contributed by atoms with E-state index in [2.05, 4.69) is 19.2 Å². The monoisotopic (exact) mass is 250 g/mol. The van der Waals surface area contributed by atoms with Crippen LogP contribution in [0.2, 0.25) is 0 Å². The van der Waals surface area contributed by atoms with E-state index in [1.165, 1.54) is 0 Å². The van der Waals surface area contributed by atoms with E-state index in [0.29, 0.717) is 12.5 Å². The molecule has 0 aliphatic carbocycles. The Kier molecular flexibility index (Phi) is 5.16. The first-order chi connectivity index (χ1) is 8.40. The van der Waals surface area contributed by atoms with E-state index in [1.54, 1.807) is 6.92 Å². The van der Waals surface area contributed by atoms with Crippen molar-refractivity contribution in [3.8, 4) is 5.75 Å². The van der Waals surface area contributed by atoms with Crippen molar-refractivity contribution in [3.63, 3.8) is 0 Å². The molecule has 100 valence electrons. The van der Waals surface area contributed by atoms with Gasteiger partial charge in [0, 0.05) is 5.69 Å². The number of aryl methyl sites for hydroxylation is 1. The molecule has 0 saturated heterocycles. The van der Waals surface area contributed by atoms with E-state index in [4.69, 9.17) is 10.5 Å². The van der Waals surface area contributed by atoms with Crippen molar-refractivity contribution in [3.05, 3.63) is 23.8 Å². The predicted molar refractivity (Wildman–Crippen MR) is 73.8 cm³/mol. The van der Waals surface area contributed by atoms with Gasteiger partial charge >= 0.3 is 0 Å². The number of rotatable bonds is 5. The summed E-state index contributed by atoms with van der Waals surface area (Å²) < 4.78 is 5.62. The van der Waals surface area contributed by atoms with Crippen LogP contribution in [0.1, 0.15) is 26.3 Å². The third-order valence-electron chi connectivity index (χ3n) is 2.45. The van der Waals surface area contributed by atoms with Gasteiger partial charge < -0.3 is 15.8 Å². The van der Waals surface area contributed by atoms with Gasteiger partial charge in [0.2, 0.25) is 5.91 Å². The standard InChI is InChI=1S/C14H22N2O2/c1-9(2)8-18-12-5-6-13(10(3)7-12)16-14(17)11(4)15/h5-7,9,11H,8,15H2,1-4H3,(H,16,17). The molecule has 3 N–H and O–H groups in total. The lowest BCUT2D eigenvalue weighted by Crippen LogP contribution is -2.32. The van der Waals surface area contributed by atoms with Crippen molar-refractivity contribution in [2.24, 2.45) is 11.7 Å². The molecule has 0 radical (unpaired) electrons. The number of anilines is 1. The van der Waals surface area contributed by atoms with Crippen LogP contribution in [-0.4, -0.2) is 18.6 Å². The predicted octanol–water partition coefficient (Wildman–Crippen LogP) is 2.32. The van der Waals surface area contributed by atoms with Gasteiger partial charge in [0.25, 0.3) is 0 Å². The van der Waals surface area contributed by atoms with Crippen molar-refractivity contribution in [1.29, 1.82) is 0 Å². The molecule has 1 unspecified atom stereocenters. The molecule has 1 aromatic rings. The van der Waals surface area contributed by atoms with E-state index in [0.717, 1.165) is 17.0 Å². The van der Waals surface area contributed by atoms with Gasteiger partial charge in [-0.3, -0.25) is 4.79 Å². The Labute approximate surface area is 109 Å². The fraction of sp³-hybridized carbons (Fsp3) is 0.500. The van der Waals surface area contributed by atoms with Crippen LogP contribution in [-0.2, 0) is 4.79 Å². The summed E-state index contributed by atoms with van der Waals surface area (Å²) in [6, 6.07) is 5.10. The molecule has 0 aliphatic rings. The summed E-state index contributed by atoms with van der Waals surface area (Å²) in [7, 11) is 0. The molecule has 18 heavy (non-hydrogen) atoms. The summed E-state index contributed by atoms with van der Waals surface area (Å²) >= 11 is 0. The Bertz CT molecular complexity index is 414. The summed E-state index contributed by atoms with van der Waals surface area (Å²) in [5, 5.41) is 2.78. The quantitative estimate of drug-likeness (QED) is 0.843. The number of nitrogens with two attached hydrogens (primary N) is 1. The van der Waals surface area contributed by atoms with Crippen molar-refractivity contribution in [2.75, 3.05) is 11.9 Å². The van der Waals surface area contributed by atoms with Gasteiger partial charge in [-0.05, 0) is 43.5 Å². The first kappa shape index (κ1) is 14.5. The van der Waals surface area contributed by atoms with Crippen LogP contribution < -0.4 is 15.8 Å². The Morgan fingerprint density at radius 3 is 2.56 bits per heavy atom. The highest BCUT2D eigenvalue weighted by Gasteiger charge is 2.09. The highest BCUT2D eigenvalue weighted by atomic mass is 16.5. The first-order valence-corrected chi connectivity index (χ1v) is 6.20. The minimum absolute atomic E-state index is 0.186. The average molecular weight is 250 g/mol. The number of carbonyl (C=O) groups excluding carboxylic acids is 1. The minimum atomic E-state index is -0.513. The van der Waals surface area contributed by atoms with Crippen molar-refractivity contribution in [2.45, 2.75) is 33.7 Å². The molecular weight excluding hydrogens is 228 g/mol. The fourth-order valence-electron chi connectivity index (χ4n) is 1.38. The van der Waals surface area contributed by atoms with Gasteiger partial charge in [-0.1, -0.05) is 13.8 Å². The molecule has 1 rings (SSSR count). The zero-order valence-corrected chi connectivity index (χ0v) is 11.5. The van der Waals surface area contributed by atoms with Crippen LogP contribution in [0.4, 0.5) is 5.69 Å². The van der Waals surface area contributed by atoms with Crippen LogP contribution >= 0.6 is 0 Å². The Hall–Kier alpha value is -1.55. The number of nitrogens with one attached hydrogen (secondary N) is 1. The number of hydrogen-bond acceptors (Lipinski definition) is 3. The first-order valence-electron chi connectivity index (χ1n) is 6.20. The second kappa shape index (κ2) is 6.40. The second-order valence-electron chi connectivity index (χ2n) is 4.96. The normalized spacial score (nSPS) is 12.3. The topological polar surface area (TPSA) is 64.3 Å². The summed E-state index contributed by atoms with van der Waals surface area (Å²) in [5.41, 5.74) is 7.24. The maximum absolute atomic E-state index is 11.5. The maximum atomic E-state index is 11.5. The lowest BCUT2D eigenvalue weighted by molar-refractivity contribution is -0.117. The number of amides is 1. The summed E-state index contributed by atoms with van der Waals surface area (Å²) in [6.45, 7) is 8.48. The molecule has 1 atom stereocenters. The average Bonchev–Trinajstić information content (AvgIpc) is 2.29. The molecule has 0 bridgehead atoms. The van der Waals surface area contributed by atoms with Gasteiger partial charge in [-0.2, -0.15) is 0 Å². The van der Waals surface area contributed by atoms with Gasteiger partial charge in [-0.15, -0.1) is 0 Å². The zero-order chi connectivity index (χ0) is 13.7. The summed E-state index contributed by atoms with van der Waals surface area (Å²) in [6.07, 6.45) is 0. The minimum Gasteiger partial charge on any atom is -0.493 e. The van der Waals surface area contributed by atoms with Gasteiger partial charge in [0.05, 0.1) is 12.6 Å². The highest BCUT2D eigenvalue weighted by molar-refractivity contribution is 5.95. The summed E-state index contributed by atoms with van der Waals surface area (Å²) in [5.74, 6) is 1.12. The zero-order valence-electron chi connectivity index (χ0n) is 11.5. The Morgan fingerprint density at radius 1 is 1.39 bits per heavy atom. The molecule has 0 aliphatic heterocycles. The third-order valence-corrected chi connectivity index (χ3v) is 2.45. The van der Waals surface area contributed by atoms with Gasteiger partial charge in [-0.25, -0.2) is 0 Å². The Morgan fingerprint density at radius 2 is 2.06 bits per heavy atom. The fourth-order valence-corrected chi connectivity index (χ4v) is 1.38. The van der Waals surface area contributed by atoms with Gasteiger partial charge in [0.1, 0.15) is 5.75 Å². The maximum Gasteiger partial charge on any atom is 0.241 e. The largest absolute Gasteiger partial charge is 0.493 e. The van der Waals surface area contributed by atoms with E-state index in [9.17, 15) is 4.79 Å². The second-order valence-corrected chi connectivity index (χ2v) is 4.96. The molecule has 0 aromatic heterocycles. The van der Waals surface area contributed by atoms with Crippen molar-refractivity contribution in [1.82, 2.24) is 0 Å². The van der Waals surface area contributed by atoms with Crippen LogP contribution in [0.25, 0.3) is 0 Å². The van der Waals surface area contributed by atoms with Crippen molar-refractivity contribution >= 4 is 11.6 Å². The molecule has 4 heteroatoms. The van der Waals surface area contributed by atoms with Crippen molar-refractivity contribution < 1.29 is 9.53 Å². The molecule has 0 saturated carbocycles. The van der Waals surface area contributed by atoms with E-state index < -0.39 is 6.04 Å². The molecule has 0 fully saturated rings. The van der Waals surface area contributed by atoms with Crippen LogP contribution in [0.5, 0.6) is 5.75 Å². The summed E-state index contributed by atoms with van der Waals surface area (Å²) in [4.78, 5) is 11.5. The van der Waals surface area contributed by atoms with E-state index in [-0.39, 0.29) is 5.91 Å². The lowest BCUT2D eigenvalue weighted by atomic mass is 10.1. The van der Waals surface area contributed by atoms with Crippen LogP contribution in [0, 0.1) is 12.8 Å². The molecule has 0 heterocycles. The molecular formula is C14H22N2O2. The SMILES string of the molecule is Cc1cc(OCC(C)C)ccc1NC(=O)C(C)N. The van der Waals surface area contributed by atoms with E-state index in [1.807, 2.05) is 25.1 Å². The smallest absolute Gasteiger partial charge is 0.241 e. The lowest BCUT2D eigenvalue weighted by Gasteiger charge is -2.13. The Balaban J connectivity index is 2.70. The number of ether oxygens (including phenoxy) is 1. The number of hydrogen-bond donors (Lipinski definition) is 2. The van der Waals surface area contributed by atoms with Crippen LogP contribution in [0.3, 0.4) is 0 Å². The van der Waals surface area contributed by atoms with Gasteiger partial charge in [0.15, 0.2) is 0 Å². The van der Waals surface area contributed by atoms with E-state index >= 15 is 0 Å². The molecule has 4 nitrogen and oxygen atoms in total. The van der Waals surface area contributed by atoms with Crippen LogP contribution in [0.15, 0.2) is 18.2 Å².